The molecule has 0 aliphatic rings. The first-order valence-corrected chi connectivity index (χ1v) is 11.4. The number of anilines is 1. The third-order valence-corrected chi connectivity index (χ3v) is 7.04. The van der Waals surface area contributed by atoms with E-state index in [0.29, 0.717) is 49.8 Å². The Morgan fingerprint density at radius 2 is 1.91 bits per heavy atom. The Labute approximate surface area is 207 Å². The fourth-order valence-corrected chi connectivity index (χ4v) is 5.14. The van der Waals surface area contributed by atoms with Gasteiger partial charge < -0.3 is 19.2 Å². The van der Waals surface area contributed by atoms with Crippen LogP contribution in [-0.2, 0) is 0 Å². The number of halogens is 1. The third-order valence-electron chi connectivity index (χ3n) is 5.31. The molecule has 0 radical (unpaired) electrons. The number of oxazole rings is 1. The summed E-state index contributed by atoms with van der Waals surface area (Å²) in [7, 11) is 3.10. The molecule has 2 heterocycles. The zero-order valence-corrected chi connectivity index (χ0v) is 19.9. The second-order valence-electron chi connectivity index (χ2n) is 7.38. The van der Waals surface area contributed by atoms with Crippen molar-refractivity contribution in [1.29, 1.82) is 0 Å². The van der Waals surface area contributed by atoms with Crippen LogP contribution in [0.2, 0.25) is 5.02 Å². The molecule has 0 saturated heterocycles. The molecule has 0 spiro atoms. The highest BCUT2D eigenvalue weighted by Gasteiger charge is 2.23. The van der Waals surface area contributed by atoms with Crippen molar-refractivity contribution in [2.24, 2.45) is 0 Å². The van der Waals surface area contributed by atoms with Gasteiger partial charge in [-0.1, -0.05) is 23.7 Å². The molecule has 0 fully saturated rings. The maximum atomic E-state index is 13.0. The van der Waals surface area contributed by atoms with Crippen molar-refractivity contribution in [2.75, 3.05) is 19.5 Å². The summed E-state index contributed by atoms with van der Waals surface area (Å²) in [6.45, 7) is 0. The van der Waals surface area contributed by atoms with E-state index in [0.717, 1.165) is 11.3 Å². The van der Waals surface area contributed by atoms with E-state index < -0.39 is 10.8 Å². The quantitative estimate of drug-likeness (QED) is 0.204. The monoisotopic (exact) mass is 509 g/mol. The van der Waals surface area contributed by atoms with Crippen LogP contribution in [0.15, 0.2) is 59.0 Å². The van der Waals surface area contributed by atoms with Crippen LogP contribution in [0.4, 0.5) is 11.4 Å². The van der Waals surface area contributed by atoms with Crippen LogP contribution in [0.1, 0.15) is 9.67 Å². The molecule has 1 N–H and O–H groups in total. The highest BCUT2D eigenvalue weighted by Crippen LogP contribution is 2.40. The molecule has 0 bridgehead atoms. The first-order chi connectivity index (χ1) is 16.9. The van der Waals surface area contributed by atoms with E-state index >= 15 is 0 Å². The zero-order chi connectivity index (χ0) is 24.7. The summed E-state index contributed by atoms with van der Waals surface area (Å²) in [6, 6.07) is 14.9. The van der Waals surface area contributed by atoms with Gasteiger partial charge >= 0.3 is 0 Å². The number of hydrogen-bond acceptors (Lipinski definition) is 8. The van der Waals surface area contributed by atoms with Crippen molar-refractivity contribution in [3.63, 3.8) is 0 Å². The van der Waals surface area contributed by atoms with Gasteiger partial charge in [-0.25, -0.2) is 4.98 Å². The predicted octanol–water partition coefficient (Wildman–Crippen LogP) is 6.54. The van der Waals surface area contributed by atoms with Gasteiger partial charge in [0.25, 0.3) is 11.6 Å². The highest BCUT2D eigenvalue weighted by atomic mass is 35.5. The van der Waals surface area contributed by atoms with Gasteiger partial charge in [-0.15, -0.1) is 11.3 Å². The first-order valence-electron chi connectivity index (χ1n) is 10.2. The molecule has 9 nitrogen and oxygen atoms in total. The Hall–Kier alpha value is -4.15. The molecular formula is C24H16ClN3O6S. The number of nitro benzene ring substituents is 1. The topological polar surface area (TPSA) is 117 Å². The van der Waals surface area contributed by atoms with E-state index in [1.807, 2.05) is 0 Å². The standard InChI is InChI=1S/C24H16ClN3O6S/c1-32-18-8-6-12(10-19(18)33-2)24-27-15-11-13(7-9-17(15)34-24)26-23(29)22-20(25)14-4-3-5-16(28(30)31)21(14)35-22/h3-11H,1-2H3,(H,26,29). The summed E-state index contributed by atoms with van der Waals surface area (Å²) >= 11 is 7.36. The van der Waals surface area contributed by atoms with Gasteiger partial charge in [-0.2, -0.15) is 0 Å². The van der Waals surface area contributed by atoms with E-state index in [1.165, 1.54) is 12.1 Å². The number of hydrogen-bond donors (Lipinski definition) is 1. The van der Waals surface area contributed by atoms with Crippen molar-refractivity contribution < 1.29 is 23.6 Å². The van der Waals surface area contributed by atoms with Crippen LogP contribution in [0.25, 0.3) is 32.6 Å². The third kappa shape index (κ3) is 4.02. The molecule has 0 atom stereocenters. The zero-order valence-electron chi connectivity index (χ0n) is 18.3. The average molecular weight is 510 g/mol. The molecule has 2 aromatic heterocycles. The summed E-state index contributed by atoms with van der Waals surface area (Å²) in [6.07, 6.45) is 0. The SMILES string of the molecule is COc1ccc(-c2nc3cc(NC(=O)c4sc5c([N+](=O)[O-])cccc5c4Cl)ccc3o2)cc1OC. The van der Waals surface area contributed by atoms with Crippen LogP contribution in [0.3, 0.4) is 0 Å². The van der Waals surface area contributed by atoms with Gasteiger partial charge in [0.2, 0.25) is 5.89 Å². The molecule has 3 aromatic carbocycles. The van der Waals surface area contributed by atoms with E-state index in [2.05, 4.69) is 10.3 Å². The van der Waals surface area contributed by atoms with Crippen molar-refractivity contribution in [1.82, 2.24) is 4.98 Å². The number of methoxy groups -OCH3 is 2. The van der Waals surface area contributed by atoms with Crippen LogP contribution < -0.4 is 14.8 Å². The number of non-ortho nitro benzene ring substituents is 1. The normalized spacial score (nSPS) is 11.1. The lowest BCUT2D eigenvalue weighted by molar-refractivity contribution is -0.382. The lowest BCUT2D eigenvalue weighted by Gasteiger charge is -2.07. The minimum Gasteiger partial charge on any atom is -0.493 e. The minimum atomic E-state index is -0.495. The number of nitrogens with one attached hydrogen (secondary N) is 1. The Morgan fingerprint density at radius 3 is 2.66 bits per heavy atom. The molecule has 0 saturated carbocycles. The van der Waals surface area contributed by atoms with Gasteiger partial charge in [-0.05, 0) is 36.4 Å². The molecule has 0 aliphatic carbocycles. The number of nitrogens with zero attached hydrogens (tertiary/aromatic N) is 2. The molecule has 35 heavy (non-hydrogen) atoms. The second kappa shape index (κ2) is 8.90. The average Bonchev–Trinajstić information content (AvgIpc) is 3.44. The van der Waals surface area contributed by atoms with Crippen molar-refractivity contribution in [3.8, 4) is 23.0 Å². The minimum absolute atomic E-state index is 0.0971. The number of aromatic nitrogens is 1. The number of ether oxygens (including phenoxy) is 2. The Bertz CT molecular complexity index is 1630. The Kier molecular flexibility index (Phi) is 5.75. The number of nitro groups is 1. The fourth-order valence-electron chi connectivity index (χ4n) is 3.65. The lowest BCUT2D eigenvalue weighted by atomic mass is 10.2. The summed E-state index contributed by atoms with van der Waals surface area (Å²) in [5, 5.41) is 14.7. The molecule has 5 aromatic rings. The lowest BCUT2D eigenvalue weighted by Crippen LogP contribution is -2.10. The van der Waals surface area contributed by atoms with E-state index in [9.17, 15) is 14.9 Å². The molecule has 11 heteroatoms. The van der Waals surface area contributed by atoms with Gasteiger partial charge in [0.1, 0.15) is 15.1 Å². The number of carbonyl (C=O) groups excluding carboxylic acids is 1. The fraction of sp³-hybridized carbons (Fsp3) is 0.0833. The summed E-state index contributed by atoms with van der Waals surface area (Å²) in [4.78, 5) is 28.5. The summed E-state index contributed by atoms with van der Waals surface area (Å²) in [5.74, 6) is 1.03. The van der Waals surface area contributed by atoms with Crippen LogP contribution in [0, 0.1) is 10.1 Å². The Balaban J connectivity index is 1.45. The first kappa shape index (κ1) is 22.6. The summed E-state index contributed by atoms with van der Waals surface area (Å²) in [5.41, 5.74) is 2.13. The number of fused-ring (bicyclic) bond motifs is 2. The van der Waals surface area contributed by atoms with Crippen molar-refractivity contribution in [3.05, 3.63) is 74.6 Å². The van der Waals surface area contributed by atoms with Gasteiger partial charge in [-0.3, -0.25) is 14.9 Å². The van der Waals surface area contributed by atoms with Gasteiger partial charge in [0.05, 0.1) is 24.2 Å². The van der Waals surface area contributed by atoms with E-state index in [1.54, 1.807) is 56.7 Å². The van der Waals surface area contributed by atoms with Crippen LogP contribution in [-0.4, -0.2) is 30.0 Å². The molecule has 176 valence electrons. The Morgan fingerprint density at radius 1 is 1.11 bits per heavy atom. The highest BCUT2D eigenvalue weighted by molar-refractivity contribution is 7.22. The molecule has 5 rings (SSSR count). The number of rotatable bonds is 6. The number of carbonyl (C=O) groups is 1. The smallest absolute Gasteiger partial charge is 0.287 e. The largest absolute Gasteiger partial charge is 0.493 e. The maximum absolute atomic E-state index is 13.0. The summed E-state index contributed by atoms with van der Waals surface area (Å²) < 4.78 is 16.8. The molecule has 1 amide bonds. The van der Waals surface area contributed by atoms with Gasteiger partial charge in [0.15, 0.2) is 17.1 Å². The van der Waals surface area contributed by atoms with Gasteiger partial charge in [0, 0.05) is 22.7 Å². The molecule has 0 aliphatic heterocycles. The van der Waals surface area contributed by atoms with E-state index in [4.69, 9.17) is 25.5 Å². The second-order valence-corrected chi connectivity index (χ2v) is 8.78. The molecule has 0 unspecified atom stereocenters. The van der Waals surface area contributed by atoms with Crippen LogP contribution >= 0.6 is 22.9 Å². The molecular weight excluding hydrogens is 494 g/mol. The van der Waals surface area contributed by atoms with Crippen LogP contribution in [0.5, 0.6) is 11.5 Å². The van der Waals surface area contributed by atoms with Crippen molar-refractivity contribution >= 4 is 61.4 Å². The van der Waals surface area contributed by atoms with E-state index in [-0.39, 0.29) is 15.6 Å². The number of amides is 1. The maximum Gasteiger partial charge on any atom is 0.287 e. The predicted molar refractivity (Wildman–Crippen MR) is 134 cm³/mol. The number of benzene rings is 3. The number of thiophene rings is 1. The van der Waals surface area contributed by atoms with Crippen molar-refractivity contribution in [2.45, 2.75) is 0 Å².